The molecule has 0 radical (unpaired) electrons. The largest absolute Gasteiger partial charge is 2.00 e. The van der Waals surface area contributed by atoms with Crippen molar-refractivity contribution < 1.29 is 19.5 Å². The summed E-state index contributed by atoms with van der Waals surface area (Å²) in [6, 6.07) is 42.2. The summed E-state index contributed by atoms with van der Waals surface area (Å²) in [5.41, 5.74) is 10.6. The van der Waals surface area contributed by atoms with Gasteiger partial charge in [0.2, 0.25) is 0 Å². The van der Waals surface area contributed by atoms with Crippen LogP contribution in [0.15, 0.2) is 116 Å². The minimum Gasteiger partial charge on any atom is -0.643 e. The van der Waals surface area contributed by atoms with Crippen LogP contribution >= 0.6 is 0 Å². The van der Waals surface area contributed by atoms with Crippen molar-refractivity contribution in [1.82, 2.24) is 24.9 Å². The van der Waals surface area contributed by atoms with Crippen LogP contribution in [-0.4, -0.2) is 4.98 Å². The van der Waals surface area contributed by atoms with E-state index in [1.165, 1.54) is 0 Å². The van der Waals surface area contributed by atoms with Gasteiger partial charge in [-0.25, -0.2) is 0 Å². The van der Waals surface area contributed by atoms with Gasteiger partial charge < -0.3 is 19.9 Å². The van der Waals surface area contributed by atoms with Crippen LogP contribution in [0.2, 0.25) is 0 Å². The van der Waals surface area contributed by atoms with Crippen LogP contribution < -0.4 is 30.4 Å². The Balaban J connectivity index is 0.00000104. The second kappa shape index (κ2) is 19.6. The molecule has 0 saturated carbocycles. The topological polar surface area (TPSA) is 164 Å². The fraction of sp³-hybridized carbons (Fsp3) is 0.271. The number of benzene rings is 2. The molecule has 0 aliphatic heterocycles. The molecule has 0 unspecified atom stereocenters. The standard InChI is InChI=1S/C54H50N8.C5H5N.Zn/c1-51(2,3)35-21-31(22-36(25-35)52(4,5)6)47-39-13-17-43(59-39)49(33(27-55)28-56)45-19-15-41(61-45)48(32-23-37(53(7,8)9)26-38(24-32)54(10,11)12)42-16-20-46(62-42)50(34(29-57)30-58)44-18-14-40(47)60-44;1-2-4-6-5-3-1;/h13-26H,1-12H3;1-5H;/q-2;;+2. The Hall–Kier alpha value is -7.49. The zero-order valence-electron chi connectivity index (χ0n) is 41.7. The van der Waals surface area contributed by atoms with E-state index in [-0.39, 0.29) is 52.3 Å². The number of hydrogen-bond acceptors (Lipinski definition) is 5. The summed E-state index contributed by atoms with van der Waals surface area (Å²) in [4.78, 5) is 24.5. The van der Waals surface area contributed by atoms with Gasteiger partial charge in [-0.1, -0.05) is 111 Å². The van der Waals surface area contributed by atoms with Gasteiger partial charge >= 0.3 is 19.5 Å². The number of nitriles is 4. The van der Waals surface area contributed by atoms with Crippen molar-refractivity contribution in [3.8, 4) is 46.5 Å². The fourth-order valence-electron chi connectivity index (χ4n) is 8.05. The first kappa shape index (κ1) is 50.9. The number of rotatable bonds is 2. The van der Waals surface area contributed by atoms with Gasteiger partial charge in [-0.3, -0.25) is 4.98 Å². The quantitative estimate of drug-likeness (QED) is 0.121. The molecule has 6 heterocycles. The van der Waals surface area contributed by atoms with Crippen LogP contribution in [0.3, 0.4) is 0 Å². The molecule has 8 rings (SSSR count). The zero-order chi connectivity index (χ0) is 49.3. The first-order valence-corrected chi connectivity index (χ1v) is 22.6. The van der Waals surface area contributed by atoms with E-state index in [0.717, 1.165) is 33.4 Å². The van der Waals surface area contributed by atoms with E-state index >= 15 is 0 Å². The van der Waals surface area contributed by atoms with E-state index in [4.69, 9.17) is 19.9 Å². The predicted octanol–water partition coefficient (Wildman–Crippen LogP) is 11.8. The van der Waals surface area contributed by atoms with Crippen molar-refractivity contribution in [1.29, 1.82) is 21.0 Å². The molecule has 6 aromatic heterocycles. The molecule has 338 valence electrons. The van der Waals surface area contributed by atoms with Crippen LogP contribution in [0.4, 0.5) is 0 Å². The third-order valence-corrected chi connectivity index (χ3v) is 12.0. The van der Waals surface area contributed by atoms with Gasteiger partial charge in [-0.2, -0.15) is 21.0 Å². The number of hydrogen-bond donors (Lipinski definition) is 0. The van der Waals surface area contributed by atoms with Crippen LogP contribution in [0.1, 0.15) is 105 Å². The minimum absolute atomic E-state index is 0. The molecule has 69 heavy (non-hydrogen) atoms. The molecule has 0 fully saturated rings. The SMILES string of the molecule is CC(C)(C)c1cc(-[c+]2c3ccc([n-]3)c(=C(C#N)C#N)c3ccc([n-]3)[c+](-c3cc(C(C)(C)C)cc(C(C)(C)C)c3)c3ccc([n-]3)c(=C(C#N)C#N)c3ccc2[n-]3)cc(C(C)(C)C)c1.[Zn+2].c1ccncc1. The molecule has 0 spiro atoms. The molecule has 0 saturated heterocycles. The summed E-state index contributed by atoms with van der Waals surface area (Å²) in [5.74, 6) is 0. The van der Waals surface area contributed by atoms with Crippen LogP contribution in [0, 0.1) is 45.3 Å². The van der Waals surface area contributed by atoms with Gasteiger partial charge in [0.05, 0.1) is 11.1 Å². The first-order valence-electron chi connectivity index (χ1n) is 22.6. The molecule has 8 bridgehead atoms. The van der Waals surface area contributed by atoms with Crippen molar-refractivity contribution in [3.05, 3.63) is 148 Å². The molecule has 8 aromatic rings. The smallest absolute Gasteiger partial charge is 0.643 e. The Morgan fingerprint density at radius 2 is 0.667 bits per heavy atom. The second-order valence-corrected chi connectivity index (χ2v) is 21.2. The average Bonchev–Trinajstić information content (AvgIpc) is 4.14. The summed E-state index contributed by atoms with van der Waals surface area (Å²) in [5, 5.41) is 42.3. The van der Waals surface area contributed by atoms with Gasteiger partial charge in [0.15, 0.2) is 0 Å². The number of nitrogens with zero attached hydrogens (tertiary/aromatic N) is 9. The summed E-state index contributed by atoms with van der Waals surface area (Å²) in [7, 11) is 0. The second-order valence-electron chi connectivity index (χ2n) is 21.2. The maximum absolute atomic E-state index is 10.4. The predicted molar refractivity (Wildman–Crippen MR) is 275 cm³/mol. The van der Waals surface area contributed by atoms with E-state index in [0.29, 0.717) is 65.7 Å². The van der Waals surface area contributed by atoms with Gasteiger partial charge in [-0.15, -0.1) is 22.1 Å². The van der Waals surface area contributed by atoms with Crippen molar-refractivity contribution in [2.45, 2.75) is 105 Å². The molecular formula is C59H55N9Zn. The summed E-state index contributed by atoms with van der Waals surface area (Å²) >= 11 is 0. The molecule has 9 nitrogen and oxygen atoms in total. The van der Waals surface area contributed by atoms with Crippen molar-refractivity contribution in [2.24, 2.45) is 0 Å². The number of aromatic nitrogens is 5. The maximum Gasteiger partial charge on any atom is 2.00 e. The molecule has 0 N–H and O–H groups in total. The minimum atomic E-state index is -0.195. The molecular weight excluding hydrogens is 900 g/mol. The van der Waals surface area contributed by atoms with E-state index in [1.807, 2.05) is 66.7 Å². The molecule has 0 aliphatic carbocycles. The Kier molecular flexibility index (Phi) is 14.5. The van der Waals surface area contributed by atoms with Crippen molar-refractivity contribution in [3.63, 3.8) is 0 Å². The van der Waals surface area contributed by atoms with E-state index in [9.17, 15) is 21.0 Å². The Morgan fingerprint density at radius 1 is 0.406 bits per heavy atom. The molecule has 10 heteroatoms. The Labute approximate surface area is 418 Å². The average molecular weight is 956 g/mol. The van der Waals surface area contributed by atoms with Crippen LogP contribution in [0.25, 0.3) is 77.5 Å². The van der Waals surface area contributed by atoms with Gasteiger partial charge in [0, 0.05) is 47.8 Å². The summed E-state index contributed by atoms with van der Waals surface area (Å²) < 4.78 is 0. The summed E-state index contributed by atoms with van der Waals surface area (Å²) in [6.45, 7) is 26.2. The van der Waals surface area contributed by atoms with Crippen LogP contribution in [0.5, 0.6) is 0 Å². The van der Waals surface area contributed by atoms with Gasteiger partial charge in [-0.05, 0) is 127 Å². The Bertz CT molecular complexity index is 3190. The fourth-order valence-corrected chi connectivity index (χ4v) is 8.05. The zero-order valence-corrected chi connectivity index (χ0v) is 44.7. The molecule has 2 aromatic carbocycles. The molecule has 0 atom stereocenters. The van der Waals surface area contributed by atoms with Gasteiger partial charge in [0.25, 0.3) is 0 Å². The third-order valence-electron chi connectivity index (χ3n) is 12.0. The van der Waals surface area contributed by atoms with Crippen molar-refractivity contribution in [2.75, 3.05) is 0 Å². The van der Waals surface area contributed by atoms with E-state index in [1.54, 1.807) is 12.4 Å². The number of fused-ring (bicyclic) bond motifs is 8. The first-order chi connectivity index (χ1) is 32.0. The Morgan fingerprint density at radius 3 is 0.855 bits per heavy atom. The summed E-state index contributed by atoms with van der Waals surface area (Å²) in [6.07, 6.45) is 3.50. The van der Waals surface area contributed by atoms with Crippen LogP contribution in [-0.2, 0) is 41.1 Å². The van der Waals surface area contributed by atoms with E-state index < -0.39 is 0 Å². The monoisotopic (exact) mass is 953 g/mol. The molecule has 0 amide bonds. The van der Waals surface area contributed by atoms with E-state index in [2.05, 4.69) is 149 Å². The third kappa shape index (κ3) is 10.8. The number of pyridine rings is 1. The normalized spacial score (nSPS) is 11.6. The van der Waals surface area contributed by atoms with Gasteiger partial charge in [0.1, 0.15) is 35.4 Å². The molecule has 0 aliphatic rings. The maximum atomic E-state index is 10.4. The van der Waals surface area contributed by atoms with Crippen molar-refractivity contribution >= 4 is 55.3 Å².